The highest BCUT2D eigenvalue weighted by molar-refractivity contribution is 7.94. The van der Waals surface area contributed by atoms with E-state index in [0.717, 1.165) is 56.2 Å². The smallest absolute Gasteiger partial charge is 0.232 e. The van der Waals surface area contributed by atoms with Gasteiger partial charge in [-0.3, -0.25) is 0 Å². The van der Waals surface area contributed by atoms with Gasteiger partial charge in [0, 0.05) is 47.1 Å². The third kappa shape index (κ3) is 2.78. The van der Waals surface area contributed by atoms with Gasteiger partial charge in [0.1, 0.15) is 22.1 Å². The summed E-state index contributed by atoms with van der Waals surface area (Å²) in [6.07, 6.45) is 11.6. The molecular formula is C19H18N6OS2. The largest absolute Gasteiger partial charge is 0.611 e. The molecule has 4 aromatic rings. The van der Waals surface area contributed by atoms with E-state index < -0.39 is 11.2 Å². The van der Waals surface area contributed by atoms with Gasteiger partial charge in [0.25, 0.3) is 0 Å². The Morgan fingerprint density at radius 3 is 2.64 bits per heavy atom. The third-order valence-electron chi connectivity index (χ3n) is 5.15. The summed E-state index contributed by atoms with van der Waals surface area (Å²) < 4.78 is 15.7. The molecule has 2 N–H and O–H groups in total. The van der Waals surface area contributed by atoms with E-state index in [1.54, 1.807) is 24.9 Å². The SMILES string of the molecule is Cn1cncc1-c1cc(-c2cncnc2)nc2sc([S+]([O-])C3CCC3)c(N)c12. The van der Waals surface area contributed by atoms with Gasteiger partial charge in [-0.25, -0.2) is 19.9 Å². The van der Waals surface area contributed by atoms with E-state index in [2.05, 4.69) is 15.0 Å². The standard InChI is InChI=1S/C19H18N6OS2/c1-25-10-23-8-15(25)13-5-14(11-6-21-9-22-7-11)24-18-16(13)17(20)19(27-18)28(26)12-3-2-4-12/h5-10,12H,2-4,20H2,1H3. The summed E-state index contributed by atoms with van der Waals surface area (Å²) in [6, 6.07) is 1.98. The lowest BCUT2D eigenvalue weighted by molar-refractivity contribution is 0.478. The van der Waals surface area contributed by atoms with Gasteiger partial charge in [0.05, 0.1) is 23.9 Å². The summed E-state index contributed by atoms with van der Waals surface area (Å²) in [6.45, 7) is 0. The van der Waals surface area contributed by atoms with Gasteiger partial charge in [-0.05, 0) is 25.3 Å². The number of imidazole rings is 1. The van der Waals surface area contributed by atoms with Crippen LogP contribution in [0.1, 0.15) is 19.3 Å². The average molecular weight is 411 g/mol. The van der Waals surface area contributed by atoms with E-state index in [0.29, 0.717) is 5.69 Å². The number of rotatable bonds is 4. The van der Waals surface area contributed by atoms with E-state index in [1.165, 1.54) is 17.7 Å². The topological polar surface area (TPSA) is 106 Å². The van der Waals surface area contributed by atoms with Crippen LogP contribution < -0.4 is 5.73 Å². The van der Waals surface area contributed by atoms with E-state index in [-0.39, 0.29) is 5.25 Å². The minimum absolute atomic E-state index is 0.206. The van der Waals surface area contributed by atoms with E-state index in [1.807, 2.05) is 17.7 Å². The molecule has 1 aliphatic rings. The minimum atomic E-state index is -1.09. The number of hydrogen-bond donors (Lipinski definition) is 1. The van der Waals surface area contributed by atoms with Crippen molar-refractivity contribution in [2.24, 2.45) is 7.05 Å². The summed E-state index contributed by atoms with van der Waals surface area (Å²) in [4.78, 5) is 18.0. The molecule has 0 radical (unpaired) electrons. The Morgan fingerprint density at radius 2 is 2.00 bits per heavy atom. The Labute approximate surface area is 168 Å². The second-order valence-corrected chi connectivity index (χ2v) is 9.83. The molecule has 0 saturated heterocycles. The lowest BCUT2D eigenvalue weighted by atomic mass is 10.0. The number of fused-ring (bicyclic) bond motifs is 1. The molecule has 142 valence electrons. The molecule has 0 aliphatic heterocycles. The first-order chi connectivity index (χ1) is 13.6. The maximum absolute atomic E-state index is 13.0. The number of aromatic nitrogens is 5. The first kappa shape index (κ1) is 17.6. The molecule has 9 heteroatoms. The van der Waals surface area contributed by atoms with Crippen LogP contribution in [0, 0.1) is 0 Å². The van der Waals surface area contributed by atoms with Crippen LogP contribution in [0.15, 0.2) is 41.5 Å². The van der Waals surface area contributed by atoms with Crippen molar-refractivity contribution in [2.75, 3.05) is 5.73 Å². The van der Waals surface area contributed by atoms with Crippen molar-refractivity contribution >= 4 is 38.4 Å². The molecule has 1 saturated carbocycles. The maximum Gasteiger partial charge on any atom is 0.232 e. The second-order valence-electron chi connectivity index (χ2n) is 6.91. The van der Waals surface area contributed by atoms with Crippen molar-refractivity contribution in [3.8, 4) is 22.5 Å². The molecule has 1 unspecified atom stereocenters. The highest BCUT2D eigenvalue weighted by atomic mass is 32.2. The number of hydrogen-bond acceptors (Lipinski definition) is 7. The number of nitrogen functional groups attached to an aromatic ring is 1. The summed E-state index contributed by atoms with van der Waals surface area (Å²) >= 11 is 0.338. The fourth-order valence-electron chi connectivity index (χ4n) is 3.38. The van der Waals surface area contributed by atoms with Gasteiger partial charge in [-0.15, -0.1) is 0 Å². The number of pyridine rings is 1. The Hall–Kier alpha value is -2.49. The van der Waals surface area contributed by atoms with Crippen molar-refractivity contribution in [2.45, 2.75) is 28.7 Å². The molecule has 1 atom stereocenters. The molecule has 5 rings (SSSR count). The Morgan fingerprint density at radius 1 is 1.21 bits per heavy atom. The Kier molecular flexibility index (Phi) is 4.30. The number of anilines is 1. The van der Waals surface area contributed by atoms with Crippen LogP contribution in [-0.2, 0) is 18.2 Å². The molecule has 28 heavy (non-hydrogen) atoms. The normalized spacial score (nSPS) is 15.6. The zero-order valence-corrected chi connectivity index (χ0v) is 16.8. The first-order valence-electron chi connectivity index (χ1n) is 8.99. The Balaban J connectivity index is 1.76. The summed E-state index contributed by atoms with van der Waals surface area (Å²) in [5.41, 5.74) is 10.5. The molecule has 0 spiro atoms. The predicted octanol–water partition coefficient (Wildman–Crippen LogP) is 3.40. The second kappa shape index (κ2) is 6.84. The predicted molar refractivity (Wildman–Crippen MR) is 111 cm³/mol. The molecule has 4 aromatic heterocycles. The summed E-state index contributed by atoms with van der Waals surface area (Å²) in [5, 5.41) is 1.05. The molecule has 4 heterocycles. The van der Waals surface area contributed by atoms with Crippen molar-refractivity contribution in [3.05, 3.63) is 37.3 Å². The highest BCUT2D eigenvalue weighted by Gasteiger charge is 2.35. The fourth-order valence-corrected chi connectivity index (χ4v) is 6.59. The average Bonchev–Trinajstić information content (AvgIpc) is 3.24. The van der Waals surface area contributed by atoms with Crippen LogP contribution in [0.4, 0.5) is 5.69 Å². The quantitative estimate of drug-likeness (QED) is 0.517. The number of nitrogens with zero attached hydrogens (tertiary/aromatic N) is 5. The minimum Gasteiger partial charge on any atom is -0.611 e. The molecule has 1 aliphatic carbocycles. The molecule has 0 aromatic carbocycles. The lowest BCUT2D eigenvalue weighted by Gasteiger charge is -2.27. The van der Waals surface area contributed by atoms with Crippen LogP contribution in [0.2, 0.25) is 0 Å². The molecule has 0 bridgehead atoms. The monoisotopic (exact) mass is 410 g/mol. The third-order valence-corrected chi connectivity index (χ3v) is 8.45. The van der Waals surface area contributed by atoms with Crippen molar-refractivity contribution in [1.82, 2.24) is 24.5 Å². The van der Waals surface area contributed by atoms with Crippen molar-refractivity contribution < 1.29 is 4.55 Å². The number of aryl methyl sites for hydroxylation is 1. The zero-order chi connectivity index (χ0) is 19.3. The molecule has 7 nitrogen and oxygen atoms in total. The molecule has 0 amide bonds. The van der Waals surface area contributed by atoms with E-state index in [4.69, 9.17) is 10.7 Å². The number of nitrogens with two attached hydrogens (primary N) is 1. The van der Waals surface area contributed by atoms with Crippen LogP contribution in [0.5, 0.6) is 0 Å². The van der Waals surface area contributed by atoms with Crippen molar-refractivity contribution in [1.29, 1.82) is 0 Å². The number of thiophene rings is 1. The van der Waals surface area contributed by atoms with Gasteiger partial charge >= 0.3 is 0 Å². The van der Waals surface area contributed by atoms with Crippen LogP contribution >= 0.6 is 11.3 Å². The van der Waals surface area contributed by atoms with Crippen molar-refractivity contribution in [3.63, 3.8) is 0 Å². The van der Waals surface area contributed by atoms with Gasteiger partial charge < -0.3 is 14.9 Å². The summed E-state index contributed by atoms with van der Waals surface area (Å²) in [7, 11) is 1.94. The summed E-state index contributed by atoms with van der Waals surface area (Å²) in [5.74, 6) is 0. The van der Waals surface area contributed by atoms with Crippen LogP contribution in [0.25, 0.3) is 32.7 Å². The van der Waals surface area contributed by atoms with Gasteiger partial charge in [0.2, 0.25) is 4.21 Å². The zero-order valence-electron chi connectivity index (χ0n) is 15.2. The van der Waals surface area contributed by atoms with Crippen LogP contribution in [0.3, 0.4) is 0 Å². The fraction of sp³-hybridized carbons (Fsp3) is 0.263. The van der Waals surface area contributed by atoms with E-state index >= 15 is 0 Å². The maximum atomic E-state index is 13.0. The van der Waals surface area contributed by atoms with Gasteiger partial charge in [0.15, 0.2) is 0 Å². The molecular weight excluding hydrogens is 392 g/mol. The highest BCUT2D eigenvalue weighted by Crippen LogP contribution is 2.45. The van der Waals surface area contributed by atoms with Crippen LogP contribution in [-0.4, -0.2) is 34.3 Å². The van der Waals surface area contributed by atoms with Gasteiger partial charge in [-0.2, -0.15) is 0 Å². The molecule has 1 fully saturated rings. The van der Waals surface area contributed by atoms with Gasteiger partial charge in [-0.1, -0.05) is 11.3 Å². The Bertz CT molecular complexity index is 1150. The lowest BCUT2D eigenvalue weighted by Crippen LogP contribution is -2.28. The first-order valence-corrected chi connectivity index (χ1v) is 11.0. The van der Waals surface area contributed by atoms with E-state index in [9.17, 15) is 4.55 Å².